The number of hydrogen-bond donors (Lipinski definition) is 2. The molecule has 4 rings (SSSR count). The smallest absolute Gasteiger partial charge is 0.271 e. The zero-order valence-electron chi connectivity index (χ0n) is 13.4. The van der Waals surface area contributed by atoms with Crippen molar-refractivity contribution in [1.82, 2.24) is 35.0 Å². The van der Waals surface area contributed by atoms with E-state index in [1.807, 2.05) is 12.1 Å². The Morgan fingerprint density at radius 3 is 3.00 bits per heavy atom. The molecule has 0 spiro atoms. The van der Waals surface area contributed by atoms with Crippen LogP contribution in [0, 0.1) is 5.41 Å². The van der Waals surface area contributed by atoms with Crippen LogP contribution < -0.4 is 5.32 Å². The quantitative estimate of drug-likeness (QED) is 0.741. The van der Waals surface area contributed by atoms with Crippen LogP contribution in [0.1, 0.15) is 30.0 Å². The Kier molecular flexibility index (Phi) is 3.19. The van der Waals surface area contributed by atoms with E-state index in [4.69, 9.17) is 0 Å². The van der Waals surface area contributed by atoms with Gasteiger partial charge in [-0.05, 0) is 24.0 Å². The van der Waals surface area contributed by atoms with Gasteiger partial charge in [0.15, 0.2) is 5.82 Å². The minimum Gasteiger partial charge on any atom is -0.350 e. The van der Waals surface area contributed by atoms with Gasteiger partial charge in [-0.15, -0.1) is 0 Å². The molecule has 0 aromatic carbocycles. The number of amides is 1. The normalized spacial score (nSPS) is 16.3. The van der Waals surface area contributed by atoms with E-state index >= 15 is 0 Å². The van der Waals surface area contributed by atoms with Crippen molar-refractivity contribution in [3.8, 4) is 17.2 Å². The van der Waals surface area contributed by atoms with Gasteiger partial charge in [-0.1, -0.05) is 13.8 Å². The van der Waals surface area contributed by atoms with Gasteiger partial charge in [0, 0.05) is 18.4 Å². The third kappa shape index (κ3) is 2.45. The number of rotatable bonds is 2. The molecule has 8 nitrogen and oxygen atoms in total. The van der Waals surface area contributed by atoms with Crippen molar-refractivity contribution >= 4 is 5.91 Å². The third-order valence-electron chi connectivity index (χ3n) is 4.05. The molecule has 4 heterocycles. The number of nitrogens with one attached hydrogen (secondary N) is 2. The number of carbonyl (C=O) groups is 1. The zero-order valence-corrected chi connectivity index (χ0v) is 13.4. The van der Waals surface area contributed by atoms with Crippen LogP contribution in [0.15, 0.2) is 31.0 Å². The van der Waals surface area contributed by atoms with Crippen LogP contribution in [0.5, 0.6) is 0 Å². The molecule has 0 bridgehead atoms. The molecule has 122 valence electrons. The number of fused-ring (bicyclic) bond motifs is 1. The topological polar surface area (TPSA) is 101 Å². The van der Waals surface area contributed by atoms with Crippen molar-refractivity contribution in [3.63, 3.8) is 0 Å². The van der Waals surface area contributed by atoms with Gasteiger partial charge in [0.2, 0.25) is 0 Å². The summed E-state index contributed by atoms with van der Waals surface area (Å²) < 4.78 is 1.58. The lowest BCUT2D eigenvalue weighted by Gasteiger charge is -2.21. The first-order valence-electron chi connectivity index (χ1n) is 7.71. The second kappa shape index (κ2) is 5.26. The first-order valence-corrected chi connectivity index (χ1v) is 7.71. The summed E-state index contributed by atoms with van der Waals surface area (Å²) in [6.45, 7) is 4.87. The van der Waals surface area contributed by atoms with E-state index in [0.717, 1.165) is 17.7 Å². The number of aromatic nitrogens is 6. The first-order chi connectivity index (χ1) is 11.5. The standard InChI is InChI=1S/C16H17N7O/c1-16(2)6-11-12(15(24)19-7-16)22-13(21-11)10-4-3-5-18-14(10)23-9-17-8-20-23/h3-5,8-9H,6-7H2,1-2H3,(H,19,24)(H,21,22). The van der Waals surface area contributed by atoms with Gasteiger partial charge in [0.05, 0.1) is 5.56 Å². The van der Waals surface area contributed by atoms with E-state index in [9.17, 15) is 4.79 Å². The molecule has 1 aliphatic heterocycles. The molecule has 24 heavy (non-hydrogen) atoms. The molecule has 0 fully saturated rings. The van der Waals surface area contributed by atoms with Gasteiger partial charge < -0.3 is 10.3 Å². The van der Waals surface area contributed by atoms with Crippen LogP contribution in [0.25, 0.3) is 17.2 Å². The Labute approximate surface area is 138 Å². The van der Waals surface area contributed by atoms with Crippen molar-refractivity contribution in [1.29, 1.82) is 0 Å². The summed E-state index contributed by atoms with van der Waals surface area (Å²) in [5.74, 6) is 1.06. The zero-order chi connectivity index (χ0) is 16.7. The summed E-state index contributed by atoms with van der Waals surface area (Å²) in [6, 6.07) is 3.72. The van der Waals surface area contributed by atoms with E-state index in [1.54, 1.807) is 17.2 Å². The van der Waals surface area contributed by atoms with E-state index in [0.29, 0.717) is 23.9 Å². The van der Waals surface area contributed by atoms with E-state index in [-0.39, 0.29) is 11.3 Å². The van der Waals surface area contributed by atoms with E-state index in [2.05, 4.69) is 44.2 Å². The highest BCUT2D eigenvalue weighted by Crippen LogP contribution is 2.29. The Bertz CT molecular complexity index is 895. The van der Waals surface area contributed by atoms with Gasteiger partial charge in [0.25, 0.3) is 5.91 Å². The number of imidazole rings is 1. The summed E-state index contributed by atoms with van der Waals surface area (Å²) in [5, 5.41) is 7.06. The summed E-state index contributed by atoms with van der Waals surface area (Å²) in [4.78, 5) is 28.5. The van der Waals surface area contributed by atoms with Crippen LogP contribution in [-0.2, 0) is 6.42 Å². The molecule has 0 aliphatic carbocycles. The van der Waals surface area contributed by atoms with Gasteiger partial charge in [-0.25, -0.2) is 19.6 Å². The molecule has 2 N–H and O–H groups in total. The molecule has 1 amide bonds. The average Bonchev–Trinajstić information content (AvgIpc) is 3.20. The lowest BCUT2D eigenvalue weighted by molar-refractivity contribution is 0.0940. The second-order valence-electron chi connectivity index (χ2n) is 6.65. The third-order valence-corrected chi connectivity index (χ3v) is 4.05. The Morgan fingerprint density at radius 2 is 2.21 bits per heavy atom. The number of hydrogen-bond acceptors (Lipinski definition) is 5. The molecule has 0 saturated carbocycles. The maximum absolute atomic E-state index is 12.3. The van der Waals surface area contributed by atoms with Gasteiger partial charge in [-0.3, -0.25) is 4.79 Å². The monoisotopic (exact) mass is 323 g/mol. The van der Waals surface area contributed by atoms with E-state index < -0.39 is 0 Å². The van der Waals surface area contributed by atoms with Crippen molar-refractivity contribution in [2.45, 2.75) is 20.3 Å². The lowest BCUT2D eigenvalue weighted by atomic mass is 9.88. The highest BCUT2D eigenvalue weighted by molar-refractivity contribution is 5.94. The fourth-order valence-corrected chi connectivity index (χ4v) is 2.88. The fraction of sp³-hybridized carbons (Fsp3) is 0.312. The molecule has 8 heteroatoms. The molecular weight excluding hydrogens is 306 g/mol. The predicted octanol–water partition coefficient (Wildman–Crippen LogP) is 1.36. The maximum atomic E-state index is 12.3. The summed E-state index contributed by atoms with van der Waals surface area (Å²) >= 11 is 0. The lowest BCUT2D eigenvalue weighted by Crippen LogP contribution is -2.32. The number of pyridine rings is 1. The Hall–Kier alpha value is -3.03. The van der Waals surface area contributed by atoms with Crippen LogP contribution in [-0.4, -0.2) is 42.2 Å². The molecule has 1 aliphatic rings. The number of aromatic amines is 1. The van der Waals surface area contributed by atoms with Crippen LogP contribution in [0.4, 0.5) is 0 Å². The molecule has 3 aromatic heterocycles. The number of nitrogens with zero attached hydrogens (tertiary/aromatic N) is 5. The fourth-order valence-electron chi connectivity index (χ4n) is 2.88. The Balaban J connectivity index is 1.83. The minimum atomic E-state index is -0.149. The van der Waals surface area contributed by atoms with Gasteiger partial charge in [-0.2, -0.15) is 5.10 Å². The van der Waals surface area contributed by atoms with Gasteiger partial charge >= 0.3 is 0 Å². The Morgan fingerprint density at radius 1 is 1.33 bits per heavy atom. The van der Waals surface area contributed by atoms with Crippen LogP contribution in [0.3, 0.4) is 0 Å². The highest BCUT2D eigenvalue weighted by atomic mass is 16.1. The number of carbonyl (C=O) groups excluding carboxylic acids is 1. The first kappa shape index (κ1) is 14.6. The van der Waals surface area contributed by atoms with Crippen molar-refractivity contribution in [3.05, 3.63) is 42.4 Å². The van der Waals surface area contributed by atoms with Crippen molar-refractivity contribution in [2.24, 2.45) is 5.41 Å². The molecule has 0 unspecified atom stereocenters. The van der Waals surface area contributed by atoms with Crippen LogP contribution >= 0.6 is 0 Å². The molecule has 0 saturated heterocycles. The number of H-pyrrole nitrogens is 1. The van der Waals surface area contributed by atoms with Crippen molar-refractivity contribution in [2.75, 3.05) is 6.54 Å². The average molecular weight is 323 g/mol. The second-order valence-corrected chi connectivity index (χ2v) is 6.65. The summed E-state index contributed by atoms with van der Waals surface area (Å²) in [7, 11) is 0. The predicted molar refractivity (Wildman–Crippen MR) is 86.6 cm³/mol. The molecule has 0 radical (unpaired) electrons. The molecule has 0 atom stereocenters. The highest BCUT2D eigenvalue weighted by Gasteiger charge is 2.30. The summed E-state index contributed by atoms with van der Waals surface area (Å²) in [5.41, 5.74) is 2.03. The molecular formula is C16H17N7O. The minimum absolute atomic E-state index is 0.0333. The molecule has 3 aromatic rings. The SMILES string of the molecule is CC1(C)CNC(=O)c2nc(-c3cccnc3-n3cncn3)[nH]c2C1. The largest absolute Gasteiger partial charge is 0.350 e. The van der Waals surface area contributed by atoms with Gasteiger partial charge in [0.1, 0.15) is 24.2 Å². The van der Waals surface area contributed by atoms with Crippen molar-refractivity contribution < 1.29 is 4.79 Å². The summed E-state index contributed by atoms with van der Waals surface area (Å²) in [6.07, 6.45) is 5.46. The maximum Gasteiger partial charge on any atom is 0.271 e. The van der Waals surface area contributed by atoms with Crippen LogP contribution in [0.2, 0.25) is 0 Å². The van der Waals surface area contributed by atoms with E-state index in [1.165, 1.54) is 6.33 Å².